The molecular formula is C16H23N3O2. The standard InChI is InChI=1S/C16H23N3O2/c1-6-12-13-9-7-8-10-19(13)18-14(12)11(2)17-15(20)21-16(3,4)5/h7-11H,6H2,1-5H3,(H,17,20). The third-order valence-electron chi connectivity index (χ3n) is 3.17. The number of carbonyl (C=O) groups is 1. The van der Waals surface area contributed by atoms with Crippen LogP contribution in [0.25, 0.3) is 5.52 Å². The number of fused-ring (bicyclic) bond motifs is 1. The molecule has 2 rings (SSSR count). The first-order chi connectivity index (χ1) is 9.81. The number of hydrogen-bond donors (Lipinski definition) is 1. The van der Waals surface area contributed by atoms with Gasteiger partial charge in [-0.3, -0.25) is 0 Å². The van der Waals surface area contributed by atoms with Crippen LogP contribution in [0.15, 0.2) is 24.4 Å². The SMILES string of the molecule is CCc1c(C(C)NC(=O)OC(C)(C)C)nn2ccccc12. The lowest BCUT2D eigenvalue weighted by Gasteiger charge is -2.21. The maximum atomic E-state index is 11.9. The number of aryl methyl sites for hydroxylation is 1. The number of alkyl carbamates (subject to hydrolysis) is 1. The Bertz CT molecular complexity index is 640. The van der Waals surface area contributed by atoms with Crippen LogP contribution in [0.5, 0.6) is 0 Å². The molecule has 1 amide bonds. The van der Waals surface area contributed by atoms with Crippen LogP contribution in [-0.2, 0) is 11.2 Å². The van der Waals surface area contributed by atoms with Crippen LogP contribution in [0.2, 0.25) is 0 Å². The van der Waals surface area contributed by atoms with Gasteiger partial charge in [0.2, 0.25) is 0 Å². The Morgan fingerprint density at radius 2 is 2.14 bits per heavy atom. The average molecular weight is 289 g/mol. The Labute approximate surface area is 125 Å². The van der Waals surface area contributed by atoms with Crippen molar-refractivity contribution in [1.29, 1.82) is 0 Å². The highest BCUT2D eigenvalue weighted by molar-refractivity contribution is 5.68. The van der Waals surface area contributed by atoms with Crippen LogP contribution in [0.3, 0.4) is 0 Å². The van der Waals surface area contributed by atoms with E-state index in [-0.39, 0.29) is 6.04 Å². The van der Waals surface area contributed by atoms with Crippen molar-refractivity contribution in [3.05, 3.63) is 35.7 Å². The Hall–Kier alpha value is -2.04. The van der Waals surface area contributed by atoms with E-state index < -0.39 is 11.7 Å². The average Bonchev–Trinajstić information content (AvgIpc) is 2.74. The molecule has 21 heavy (non-hydrogen) atoms. The minimum atomic E-state index is -0.504. The van der Waals surface area contributed by atoms with Crippen LogP contribution in [-0.4, -0.2) is 21.3 Å². The summed E-state index contributed by atoms with van der Waals surface area (Å²) >= 11 is 0. The first-order valence-corrected chi connectivity index (χ1v) is 7.27. The molecule has 0 fully saturated rings. The molecule has 5 nitrogen and oxygen atoms in total. The smallest absolute Gasteiger partial charge is 0.408 e. The van der Waals surface area contributed by atoms with Crippen molar-refractivity contribution in [3.8, 4) is 0 Å². The van der Waals surface area contributed by atoms with E-state index in [4.69, 9.17) is 4.74 Å². The molecule has 0 radical (unpaired) electrons. The number of carbonyl (C=O) groups excluding carboxylic acids is 1. The van der Waals surface area contributed by atoms with E-state index in [1.165, 1.54) is 0 Å². The number of ether oxygens (including phenoxy) is 1. The van der Waals surface area contributed by atoms with Gasteiger partial charge in [0, 0.05) is 11.8 Å². The fourth-order valence-electron chi connectivity index (χ4n) is 2.33. The molecule has 1 atom stereocenters. The quantitative estimate of drug-likeness (QED) is 0.941. The number of hydrogen-bond acceptors (Lipinski definition) is 3. The lowest BCUT2D eigenvalue weighted by molar-refractivity contribution is 0.0506. The molecule has 0 saturated heterocycles. The molecule has 0 aromatic carbocycles. The van der Waals surface area contributed by atoms with Gasteiger partial charge in [-0.2, -0.15) is 5.10 Å². The fraction of sp³-hybridized carbons (Fsp3) is 0.500. The number of rotatable bonds is 3. The number of pyridine rings is 1. The molecule has 0 aliphatic rings. The van der Waals surface area contributed by atoms with E-state index in [1.807, 2.05) is 56.6 Å². The van der Waals surface area contributed by atoms with Crippen molar-refractivity contribution < 1.29 is 9.53 Å². The molecule has 1 N–H and O–H groups in total. The van der Waals surface area contributed by atoms with Gasteiger partial charge in [-0.25, -0.2) is 9.31 Å². The van der Waals surface area contributed by atoms with Gasteiger partial charge >= 0.3 is 6.09 Å². The second-order valence-electron chi connectivity index (χ2n) is 6.12. The first-order valence-electron chi connectivity index (χ1n) is 7.27. The van der Waals surface area contributed by atoms with Crippen LogP contribution < -0.4 is 5.32 Å². The third kappa shape index (κ3) is 3.54. The molecular weight excluding hydrogens is 266 g/mol. The van der Waals surface area contributed by atoms with E-state index >= 15 is 0 Å². The monoisotopic (exact) mass is 289 g/mol. The zero-order valence-corrected chi connectivity index (χ0v) is 13.3. The number of amides is 1. The summed E-state index contributed by atoms with van der Waals surface area (Å²) in [5.74, 6) is 0. The van der Waals surface area contributed by atoms with Gasteiger partial charge in [0.15, 0.2) is 0 Å². The van der Waals surface area contributed by atoms with Gasteiger partial charge in [-0.05, 0) is 46.2 Å². The van der Waals surface area contributed by atoms with Crippen LogP contribution in [0, 0.1) is 0 Å². The summed E-state index contributed by atoms with van der Waals surface area (Å²) in [6.07, 6.45) is 2.36. The van der Waals surface area contributed by atoms with Gasteiger partial charge in [-0.1, -0.05) is 13.0 Å². The summed E-state index contributed by atoms with van der Waals surface area (Å²) in [5, 5.41) is 7.43. The van der Waals surface area contributed by atoms with Crippen molar-refractivity contribution in [3.63, 3.8) is 0 Å². The second-order valence-corrected chi connectivity index (χ2v) is 6.12. The third-order valence-corrected chi connectivity index (χ3v) is 3.17. The van der Waals surface area contributed by atoms with Crippen LogP contribution in [0.1, 0.15) is 51.9 Å². The Morgan fingerprint density at radius 1 is 1.43 bits per heavy atom. The minimum Gasteiger partial charge on any atom is -0.444 e. The topological polar surface area (TPSA) is 55.6 Å². The largest absolute Gasteiger partial charge is 0.444 e. The Morgan fingerprint density at radius 3 is 2.76 bits per heavy atom. The molecule has 114 valence electrons. The molecule has 0 bridgehead atoms. The van der Waals surface area contributed by atoms with Crippen LogP contribution >= 0.6 is 0 Å². The minimum absolute atomic E-state index is 0.199. The summed E-state index contributed by atoms with van der Waals surface area (Å²) in [4.78, 5) is 11.9. The zero-order chi connectivity index (χ0) is 15.6. The predicted molar refractivity (Wildman–Crippen MR) is 82.4 cm³/mol. The van der Waals surface area contributed by atoms with Gasteiger partial charge in [0.05, 0.1) is 17.3 Å². The van der Waals surface area contributed by atoms with Crippen molar-refractivity contribution in [2.24, 2.45) is 0 Å². The second kappa shape index (κ2) is 5.76. The summed E-state index contributed by atoms with van der Waals surface area (Å²) in [5.41, 5.74) is 2.61. The summed E-state index contributed by atoms with van der Waals surface area (Å²) < 4.78 is 7.14. The molecule has 0 aliphatic heterocycles. The van der Waals surface area contributed by atoms with Crippen molar-refractivity contribution in [2.75, 3.05) is 0 Å². The normalized spacial score (nSPS) is 13.2. The van der Waals surface area contributed by atoms with E-state index in [1.54, 1.807) is 0 Å². The van der Waals surface area contributed by atoms with Gasteiger partial charge in [-0.15, -0.1) is 0 Å². The van der Waals surface area contributed by atoms with E-state index in [9.17, 15) is 4.79 Å². The Balaban J connectivity index is 2.23. The predicted octanol–water partition coefficient (Wildman–Crippen LogP) is 3.48. The summed E-state index contributed by atoms with van der Waals surface area (Å²) in [6, 6.07) is 5.77. The van der Waals surface area contributed by atoms with Gasteiger partial charge in [0.1, 0.15) is 5.60 Å². The number of aromatic nitrogens is 2. The summed E-state index contributed by atoms with van der Waals surface area (Å²) in [6.45, 7) is 9.55. The van der Waals surface area contributed by atoms with E-state index in [0.717, 1.165) is 23.2 Å². The maximum absolute atomic E-state index is 11.9. The fourth-order valence-corrected chi connectivity index (χ4v) is 2.33. The zero-order valence-electron chi connectivity index (χ0n) is 13.3. The van der Waals surface area contributed by atoms with Crippen LogP contribution in [0.4, 0.5) is 4.79 Å². The van der Waals surface area contributed by atoms with E-state index in [2.05, 4.69) is 17.3 Å². The molecule has 0 aliphatic carbocycles. The van der Waals surface area contributed by atoms with Gasteiger partial charge in [0.25, 0.3) is 0 Å². The van der Waals surface area contributed by atoms with Gasteiger partial charge < -0.3 is 10.1 Å². The molecule has 2 aromatic heterocycles. The molecule has 1 unspecified atom stereocenters. The van der Waals surface area contributed by atoms with Crippen molar-refractivity contribution >= 4 is 11.6 Å². The van der Waals surface area contributed by atoms with E-state index in [0.29, 0.717) is 0 Å². The molecule has 0 saturated carbocycles. The molecule has 5 heteroatoms. The Kier molecular flexibility index (Phi) is 4.21. The summed E-state index contributed by atoms with van der Waals surface area (Å²) in [7, 11) is 0. The highest BCUT2D eigenvalue weighted by Crippen LogP contribution is 2.22. The molecule has 2 aromatic rings. The molecule has 2 heterocycles. The van der Waals surface area contributed by atoms with Crippen molar-refractivity contribution in [1.82, 2.24) is 14.9 Å². The number of nitrogens with one attached hydrogen (secondary N) is 1. The highest BCUT2D eigenvalue weighted by atomic mass is 16.6. The molecule has 0 spiro atoms. The number of nitrogens with zero attached hydrogens (tertiary/aromatic N) is 2. The lowest BCUT2D eigenvalue weighted by Crippen LogP contribution is -2.34. The maximum Gasteiger partial charge on any atom is 0.408 e. The first kappa shape index (κ1) is 15.4. The highest BCUT2D eigenvalue weighted by Gasteiger charge is 2.22. The lowest BCUT2D eigenvalue weighted by atomic mass is 10.1. The van der Waals surface area contributed by atoms with Crippen molar-refractivity contribution in [2.45, 2.75) is 52.7 Å².